The summed E-state index contributed by atoms with van der Waals surface area (Å²) in [5, 5.41) is 0. The van der Waals surface area contributed by atoms with Crippen molar-refractivity contribution in [2.24, 2.45) is 0 Å². The Labute approximate surface area is 136 Å². The van der Waals surface area contributed by atoms with Crippen LogP contribution in [0.3, 0.4) is 0 Å². The number of halogens is 1. The molecule has 2 aliphatic heterocycles. The van der Waals surface area contributed by atoms with Gasteiger partial charge in [0.25, 0.3) is 5.91 Å². The highest BCUT2D eigenvalue weighted by Gasteiger charge is 2.45. The number of carbonyl (C=O) groups excluding carboxylic acids is 2. The van der Waals surface area contributed by atoms with E-state index in [1.807, 2.05) is 16.7 Å². The molecule has 1 aromatic carbocycles. The van der Waals surface area contributed by atoms with Gasteiger partial charge in [0.15, 0.2) is 0 Å². The highest BCUT2D eigenvalue weighted by atomic mass is 19.1. The molecule has 0 radical (unpaired) electrons. The third kappa shape index (κ3) is 2.96. The number of hydrogen-bond donors (Lipinski definition) is 0. The standard InChI is InChI=1S/C18H23FN2O2/c1-2-21-16(22)5-3-10-18(21)11-4-12-20(13-18)17(23)14-6-8-15(19)9-7-14/h6-9H,2-5,10-13H2,1H3. The predicted molar refractivity (Wildman–Crippen MR) is 85.5 cm³/mol. The van der Waals surface area contributed by atoms with Crippen LogP contribution in [-0.4, -0.2) is 46.8 Å². The number of likely N-dealkylation sites (tertiary alicyclic amines) is 2. The summed E-state index contributed by atoms with van der Waals surface area (Å²) in [7, 11) is 0. The monoisotopic (exact) mass is 318 g/mol. The number of likely N-dealkylation sites (N-methyl/N-ethyl adjacent to an activating group) is 1. The van der Waals surface area contributed by atoms with E-state index >= 15 is 0 Å². The van der Waals surface area contributed by atoms with Gasteiger partial charge >= 0.3 is 0 Å². The van der Waals surface area contributed by atoms with Gasteiger partial charge in [0.2, 0.25) is 5.91 Å². The first-order valence-corrected chi connectivity index (χ1v) is 8.41. The van der Waals surface area contributed by atoms with Crippen LogP contribution in [0.1, 0.15) is 49.4 Å². The van der Waals surface area contributed by atoms with Crippen molar-refractivity contribution in [2.45, 2.75) is 44.6 Å². The van der Waals surface area contributed by atoms with Crippen LogP contribution in [0.15, 0.2) is 24.3 Å². The van der Waals surface area contributed by atoms with Crippen molar-refractivity contribution in [3.63, 3.8) is 0 Å². The second-order valence-corrected chi connectivity index (χ2v) is 6.55. The topological polar surface area (TPSA) is 40.6 Å². The van der Waals surface area contributed by atoms with E-state index in [9.17, 15) is 14.0 Å². The zero-order valence-electron chi connectivity index (χ0n) is 13.6. The van der Waals surface area contributed by atoms with Gasteiger partial charge in [0.05, 0.1) is 5.54 Å². The van der Waals surface area contributed by atoms with Crippen LogP contribution >= 0.6 is 0 Å². The van der Waals surface area contributed by atoms with E-state index in [1.54, 1.807) is 0 Å². The van der Waals surface area contributed by atoms with Gasteiger partial charge < -0.3 is 9.80 Å². The van der Waals surface area contributed by atoms with Crippen LogP contribution in [0.5, 0.6) is 0 Å². The molecular formula is C18H23FN2O2. The van der Waals surface area contributed by atoms with Gasteiger partial charge in [-0.3, -0.25) is 9.59 Å². The van der Waals surface area contributed by atoms with Gasteiger partial charge in [-0.25, -0.2) is 4.39 Å². The molecule has 4 nitrogen and oxygen atoms in total. The molecule has 2 heterocycles. The van der Waals surface area contributed by atoms with Gasteiger partial charge in [0, 0.05) is 31.6 Å². The quantitative estimate of drug-likeness (QED) is 0.841. The van der Waals surface area contributed by atoms with Crippen molar-refractivity contribution >= 4 is 11.8 Å². The summed E-state index contributed by atoms with van der Waals surface area (Å²) >= 11 is 0. The molecule has 0 aromatic heterocycles. The first-order chi connectivity index (χ1) is 11.1. The number of nitrogens with zero attached hydrogens (tertiary/aromatic N) is 2. The van der Waals surface area contributed by atoms with E-state index in [4.69, 9.17) is 0 Å². The minimum Gasteiger partial charge on any atom is -0.336 e. The maximum Gasteiger partial charge on any atom is 0.253 e. The first kappa shape index (κ1) is 16.0. The zero-order valence-corrected chi connectivity index (χ0v) is 13.6. The minimum absolute atomic E-state index is 0.0712. The Balaban J connectivity index is 1.81. The lowest BCUT2D eigenvalue weighted by molar-refractivity contribution is -0.144. The number of benzene rings is 1. The summed E-state index contributed by atoms with van der Waals surface area (Å²) in [4.78, 5) is 28.8. The second-order valence-electron chi connectivity index (χ2n) is 6.55. The Bertz CT molecular complexity index is 598. The molecule has 3 rings (SSSR count). The average molecular weight is 318 g/mol. The van der Waals surface area contributed by atoms with Crippen molar-refractivity contribution in [3.8, 4) is 0 Å². The SMILES string of the molecule is CCN1C(=O)CCCC12CCCN(C(=O)c1ccc(F)cc1)C2. The first-order valence-electron chi connectivity index (χ1n) is 8.41. The van der Waals surface area contributed by atoms with Crippen LogP contribution in [0.4, 0.5) is 4.39 Å². The van der Waals surface area contributed by atoms with Crippen LogP contribution in [0.25, 0.3) is 0 Å². The third-order valence-electron chi connectivity index (χ3n) is 5.16. The van der Waals surface area contributed by atoms with Gasteiger partial charge in [-0.15, -0.1) is 0 Å². The van der Waals surface area contributed by atoms with Gasteiger partial charge in [-0.1, -0.05) is 0 Å². The smallest absolute Gasteiger partial charge is 0.253 e. The van der Waals surface area contributed by atoms with Crippen molar-refractivity contribution in [3.05, 3.63) is 35.6 Å². The summed E-state index contributed by atoms with van der Waals surface area (Å²) in [6, 6.07) is 5.69. The van der Waals surface area contributed by atoms with Crippen molar-refractivity contribution in [2.75, 3.05) is 19.6 Å². The maximum atomic E-state index is 13.0. The number of amides is 2. The van der Waals surface area contributed by atoms with Gasteiger partial charge in [-0.2, -0.15) is 0 Å². The molecule has 1 spiro atoms. The fourth-order valence-corrected chi connectivity index (χ4v) is 4.10. The second kappa shape index (κ2) is 6.30. The fourth-order valence-electron chi connectivity index (χ4n) is 4.10. The Morgan fingerprint density at radius 3 is 2.61 bits per heavy atom. The molecule has 0 aliphatic carbocycles. The third-order valence-corrected chi connectivity index (χ3v) is 5.16. The molecule has 1 atom stereocenters. The van der Waals surface area contributed by atoms with Crippen LogP contribution in [-0.2, 0) is 4.79 Å². The average Bonchev–Trinajstić information content (AvgIpc) is 2.55. The minimum atomic E-state index is -0.341. The predicted octanol–water partition coefficient (Wildman–Crippen LogP) is 2.83. The molecule has 2 amide bonds. The molecule has 1 unspecified atom stereocenters. The summed E-state index contributed by atoms with van der Waals surface area (Å²) < 4.78 is 13.0. The zero-order chi connectivity index (χ0) is 16.4. The van der Waals surface area contributed by atoms with E-state index in [1.165, 1.54) is 24.3 Å². The van der Waals surface area contributed by atoms with Gasteiger partial charge in [0.1, 0.15) is 5.82 Å². The Kier molecular flexibility index (Phi) is 4.37. The van der Waals surface area contributed by atoms with Crippen molar-refractivity contribution < 1.29 is 14.0 Å². The Morgan fingerprint density at radius 1 is 1.22 bits per heavy atom. The molecule has 2 fully saturated rings. The molecule has 0 saturated carbocycles. The van der Waals surface area contributed by atoms with Crippen LogP contribution in [0, 0.1) is 5.82 Å². The molecule has 2 saturated heterocycles. The summed E-state index contributed by atoms with van der Waals surface area (Å²) in [6.45, 7) is 3.98. The Morgan fingerprint density at radius 2 is 1.91 bits per heavy atom. The molecule has 23 heavy (non-hydrogen) atoms. The highest BCUT2D eigenvalue weighted by molar-refractivity contribution is 5.94. The Hall–Kier alpha value is -1.91. The summed E-state index contributed by atoms with van der Waals surface area (Å²) in [5.41, 5.74) is 0.298. The number of carbonyl (C=O) groups is 2. The van der Waals surface area contributed by atoms with E-state index in [0.717, 1.165) is 25.7 Å². The largest absolute Gasteiger partial charge is 0.336 e. The molecule has 5 heteroatoms. The van der Waals surface area contributed by atoms with E-state index in [-0.39, 0.29) is 23.2 Å². The molecule has 124 valence electrons. The molecule has 1 aromatic rings. The molecular weight excluding hydrogens is 295 g/mol. The normalized spacial score (nSPS) is 25.0. The number of rotatable bonds is 2. The lowest BCUT2D eigenvalue weighted by Gasteiger charge is -2.52. The molecule has 2 aliphatic rings. The van der Waals surface area contributed by atoms with E-state index in [0.29, 0.717) is 31.6 Å². The molecule has 0 N–H and O–H groups in total. The lowest BCUT2D eigenvalue weighted by atomic mass is 9.79. The van der Waals surface area contributed by atoms with Crippen LogP contribution in [0.2, 0.25) is 0 Å². The van der Waals surface area contributed by atoms with Crippen molar-refractivity contribution in [1.29, 1.82) is 0 Å². The van der Waals surface area contributed by atoms with Crippen LogP contribution < -0.4 is 0 Å². The number of piperidine rings is 2. The number of hydrogen-bond acceptors (Lipinski definition) is 2. The maximum absolute atomic E-state index is 13.0. The van der Waals surface area contributed by atoms with Crippen molar-refractivity contribution in [1.82, 2.24) is 9.80 Å². The van der Waals surface area contributed by atoms with Gasteiger partial charge in [-0.05, 0) is 56.9 Å². The van der Waals surface area contributed by atoms with E-state index < -0.39 is 0 Å². The summed E-state index contributed by atoms with van der Waals surface area (Å²) in [6.07, 6.45) is 4.33. The fraction of sp³-hybridized carbons (Fsp3) is 0.556. The lowest BCUT2D eigenvalue weighted by Crippen LogP contribution is -2.63. The van der Waals surface area contributed by atoms with E-state index in [2.05, 4.69) is 0 Å². The summed E-state index contributed by atoms with van der Waals surface area (Å²) in [5.74, 6) is -0.209. The molecule has 0 bridgehead atoms. The highest BCUT2D eigenvalue weighted by Crippen LogP contribution is 2.36.